The predicted molar refractivity (Wildman–Crippen MR) is 115 cm³/mol. The van der Waals surface area contributed by atoms with Crippen LogP contribution in [0.3, 0.4) is 0 Å². The highest BCUT2D eigenvalue weighted by molar-refractivity contribution is 7.89. The number of methoxy groups -OCH3 is 1. The van der Waals surface area contributed by atoms with Gasteiger partial charge in [-0.1, -0.05) is 12.1 Å². The number of benzene rings is 2. The molecule has 8 heteroatoms. The Hall–Kier alpha value is -2.58. The lowest BCUT2D eigenvalue weighted by Gasteiger charge is -2.30. The van der Waals surface area contributed by atoms with E-state index in [0.717, 1.165) is 5.56 Å². The second kappa shape index (κ2) is 9.49. The van der Waals surface area contributed by atoms with Crippen LogP contribution in [-0.2, 0) is 14.8 Å². The highest BCUT2D eigenvalue weighted by atomic mass is 32.2. The van der Waals surface area contributed by atoms with Crippen molar-refractivity contribution in [3.8, 4) is 11.5 Å². The van der Waals surface area contributed by atoms with E-state index in [2.05, 4.69) is 5.32 Å². The Kier molecular flexibility index (Phi) is 6.99. The number of carbonyl (C=O) groups is 1. The molecule has 162 valence electrons. The molecule has 3 rings (SSSR count). The minimum absolute atomic E-state index is 0.117. The first kappa shape index (κ1) is 22.1. The summed E-state index contributed by atoms with van der Waals surface area (Å²) < 4.78 is 38.3. The normalized spacial score (nSPS) is 15.6. The zero-order valence-electron chi connectivity index (χ0n) is 17.6. The van der Waals surface area contributed by atoms with Crippen LogP contribution in [-0.4, -0.2) is 45.4 Å². The van der Waals surface area contributed by atoms with E-state index in [1.165, 1.54) is 4.31 Å². The number of hydrogen-bond donors (Lipinski definition) is 1. The Labute approximate surface area is 178 Å². The van der Waals surface area contributed by atoms with Crippen LogP contribution < -0.4 is 14.8 Å². The maximum absolute atomic E-state index is 13.0. The van der Waals surface area contributed by atoms with Crippen molar-refractivity contribution in [1.29, 1.82) is 0 Å². The molecule has 1 amide bonds. The number of rotatable bonds is 7. The molecule has 1 heterocycles. The number of ether oxygens (including phenoxy) is 2. The van der Waals surface area contributed by atoms with Gasteiger partial charge in [-0.15, -0.1) is 0 Å². The van der Waals surface area contributed by atoms with Gasteiger partial charge in [0.1, 0.15) is 11.5 Å². The molecule has 0 bridgehead atoms. The number of nitrogens with zero attached hydrogens (tertiary/aromatic N) is 1. The fourth-order valence-electron chi connectivity index (χ4n) is 3.59. The second-order valence-corrected chi connectivity index (χ2v) is 9.17. The lowest BCUT2D eigenvalue weighted by Crippen LogP contribution is -2.41. The molecule has 1 saturated heterocycles. The average molecular weight is 433 g/mol. The van der Waals surface area contributed by atoms with E-state index in [4.69, 9.17) is 9.47 Å². The molecule has 1 N–H and O–H groups in total. The Balaban J connectivity index is 1.64. The van der Waals surface area contributed by atoms with Gasteiger partial charge >= 0.3 is 0 Å². The number of sulfonamides is 1. The first-order valence-electron chi connectivity index (χ1n) is 10.0. The van der Waals surface area contributed by atoms with Gasteiger partial charge in [0.25, 0.3) is 0 Å². The van der Waals surface area contributed by atoms with E-state index in [0.29, 0.717) is 49.7 Å². The quantitative estimate of drug-likeness (QED) is 0.724. The van der Waals surface area contributed by atoms with Crippen LogP contribution in [0.5, 0.6) is 11.5 Å². The van der Waals surface area contributed by atoms with Crippen LogP contribution in [0.25, 0.3) is 0 Å². The van der Waals surface area contributed by atoms with Crippen molar-refractivity contribution in [2.24, 2.45) is 5.92 Å². The van der Waals surface area contributed by atoms with E-state index in [-0.39, 0.29) is 16.7 Å². The summed E-state index contributed by atoms with van der Waals surface area (Å²) in [7, 11) is -2.06. The van der Waals surface area contributed by atoms with Gasteiger partial charge in [0, 0.05) is 19.0 Å². The zero-order chi connectivity index (χ0) is 21.7. The highest BCUT2D eigenvalue weighted by Crippen LogP contribution is 2.29. The van der Waals surface area contributed by atoms with Gasteiger partial charge in [-0.2, -0.15) is 4.31 Å². The molecule has 0 radical (unpaired) electrons. The molecule has 0 atom stereocenters. The van der Waals surface area contributed by atoms with Crippen molar-refractivity contribution in [2.75, 3.05) is 32.1 Å². The fourth-order valence-corrected chi connectivity index (χ4v) is 5.15. The highest BCUT2D eigenvalue weighted by Gasteiger charge is 2.32. The number of aryl methyl sites for hydroxylation is 1. The Morgan fingerprint density at radius 2 is 1.83 bits per heavy atom. The first-order chi connectivity index (χ1) is 14.4. The number of carbonyl (C=O) groups excluding carboxylic acids is 1. The van der Waals surface area contributed by atoms with Crippen molar-refractivity contribution >= 4 is 21.6 Å². The second-order valence-electron chi connectivity index (χ2n) is 7.23. The number of nitrogens with one attached hydrogen (secondary N) is 1. The molecule has 2 aromatic carbocycles. The van der Waals surface area contributed by atoms with Gasteiger partial charge < -0.3 is 14.8 Å². The molecular weight excluding hydrogens is 404 g/mol. The predicted octanol–water partition coefficient (Wildman–Crippen LogP) is 3.44. The molecule has 7 nitrogen and oxygen atoms in total. The largest absolute Gasteiger partial charge is 0.495 e. The summed E-state index contributed by atoms with van der Waals surface area (Å²) in [5, 5.41) is 2.90. The summed E-state index contributed by atoms with van der Waals surface area (Å²) in [6.07, 6.45) is 0.937. The van der Waals surface area contributed by atoms with Crippen molar-refractivity contribution in [2.45, 2.75) is 31.6 Å². The Morgan fingerprint density at radius 3 is 2.47 bits per heavy atom. The van der Waals surface area contributed by atoms with Crippen molar-refractivity contribution in [1.82, 2.24) is 4.31 Å². The molecule has 0 aliphatic carbocycles. The van der Waals surface area contributed by atoms with Gasteiger partial charge in [-0.3, -0.25) is 4.79 Å². The Morgan fingerprint density at radius 1 is 1.13 bits per heavy atom. The topological polar surface area (TPSA) is 84.9 Å². The van der Waals surface area contributed by atoms with E-state index >= 15 is 0 Å². The third kappa shape index (κ3) is 4.76. The molecule has 1 fully saturated rings. The number of amides is 1. The van der Waals surface area contributed by atoms with E-state index in [1.807, 2.05) is 26.0 Å². The number of hydrogen-bond acceptors (Lipinski definition) is 5. The van der Waals surface area contributed by atoms with E-state index in [1.54, 1.807) is 37.4 Å². The summed E-state index contributed by atoms with van der Waals surface area (Å²) in [5.74, 6) is 0.914. The minimum atomic E-state index is -3.61. The molecule has 30 heavy (non-hydrogen) atoms. The van der Waals surface area contributed by atoms with E-state index < -0.39 is 10.0 Å². The molecule has 1 aliphatic rings. The SMILES string of the molecule is CCOc1ccc(S(=O)(=O)N2CCC(C(=O)Nc3ccccc3OC)CC2)cc1C. The molecule has 0 spiro atoms. The summed E-state index contributed by atoms with van der Waals surface area (Å²) >= 11 is 0. The van der Waals surface area contributed by atoms with Crippen molar-refractivity contribution < 1.29 is 22.7 Å². The molecule has 0 unspecified atom stereocenters. The Bertz CT molecular complexity index is 998. The number of para-hydroxylation sites is 2. The third-order valence-electron chi connectivity index (χ3n) is 5.27. The molecule has 0 aromatic heterocycles. The van der Waals surface area contributed by atoms with Crippen LogP contribution in [0.15, 0.2) is 47.4 Å². The number of piperidine rings is 1. The van der Waals surface area contributed by atoms with Crippen molar-refractivity contribution in [3.63, 3.8) is 0 Å². The first-order valence-corrected chi connectivity index (χ1v) is 11.5. The maximum Gasteiger partial charge on any atom is 0.243 e. The summed E-state index contributed by atoms with van der Waals surface area (Å²) in [4.78, 5) is 12.9. The minimum Gasteiger partial charge on any atom is -0.495 e. The van der Waals surface area contributed by atoms with Crippen molar-refractivity contribution in [3.05, 3.63) is 48.0 Å². The van der Waals surface area contributed by atoms with Crippen LogP contribution in [0.4, 0.5) is 5.69 Å². The van der Waals surface area contributed by atoms with Gasteiger partial charge in [0.05, 0.1) is 24.3 Å². The smallest absolute Gasteiger partial charge is 0.243 e. The zero-order valence-corrected chi connectivity index (χ0v) is 18.4. The summed E-state index contributed by atoms with van der Waals surface area (Å²) in [6.45, 7) is 4.85. The average Bonchev–Trinajstić information content (AvgIpc) is 2.75. The monoisotopic (exact) mass is 432 g/mol. The lowest BCUT2D eigenvalue weighted by molar-refractivity contribution is -0.120. The molecule has 0 saturated carbocycles. The van der Waals surface area contributed by atoms with Gasteiger partial charge in [0.15, 0.2) is 0 Å². The van der Waals surface area contributed by atoms with Gasteiger partial charge in [-0.05, 0) is 62.6 Å². The summed E-state index contributed by atoms with van der Waals surface area (Å²) in [6, 6.07) is 12.1. The third-order valence-corrected chi connectivity index (χ3v) is 7.17. The maximum atomic E-state index is 13.0. The molecular formula is C22H28N2O5S. The molecule has 2 aromatic rings. The van der Waals surface area contributed by atoms with Crippen LogP contribution in [0.1, 0.15) is 25.3 Å². The standard InChI is InChI=1S/C22H28N2O5S/c1-4-29-20-10-9-18(15-16(20)2)30(26,27)24-13-11-17(12-14-24)22(25)23-19-7-5-6-8-21(19)28-3/h5-10,15,17H,4,11-14H2,1-3H3,(H,23,25). The van der Waals surface area contributed by atoms with Gasteiger partial charge in [0.2, 0.25) is 15.9 Å². The lowest BCUT2D eigenvalue weighted by atomic mass is 9.97. The van der Waals surface area contributed by atoms with Crippen LogP contribution >= 0.6 is 0 Å². The van der Waals surface area contributed by atoms with Crippen LogP contribution in [0, 0.1) is 12.8 Å². The fraction of sp³-hybridized carbons (Fsp3) is 0.409. The van der Waals surface area contributed by atoms with E-state index in [9.17, 15) is 13.2 Å². The van der Waals surface area contributed by atoms with Gasteiger partial charge in [-0.25, -0.2) is 8.42 Å². The molecule has 1 aliphatic heterocycles. The summed E-state index contributed by atoms with van der Waals surface area (Å²) in [5.41, 5.74) is 1.40. The van der Waals surface area contributed by atoms with Crippen LogP contribution in [0.2, 0.25) is 0 Å². The number of anilines is 1.